The average molecular weight is 298 g/mol. The summed E-state index contributed by atoms with van der Waals surface area (Å²) in [4.78, 5) is 19.4. The number of morpholine rings is 1. The highest BCUT2D eigenvalue weighted by Gasteiger charge is 2.27. The molecule has 1 amide bonds. The van der Waals surface area contributed by atoms with Crippen LogP contribution in [0.4, 0.5) is 0 Å². The van der Waals surface area contributed by atoms with Gasteiger partial charge in [0.1, 0.15) is 0 Å². The van der Waals surface area contributed by atoms with Gasteiger partial charge in [0, 0.05) is 24.2 Å². The van der Waals surface area contributed by atoms with E-state index >= 15 is 0 Å². The number of pyridine rings is 1. The minimum atomic E-state index is 0.0723. The van der Waals surface area contributed by atoms with E-state index in [4.69, 9.17) is 4.74 Å². The van der Waals surface area contributed by atoms with Crippen molar-refractivity contribution >= 4 is 16.8 Å². The molecule has 2 heterocycles. The Morgan fingerprint density at radius 1 is 1.18 bits per heavy atom. The van der Waals surface area contributed by atoms with E-state index in [-0.39, 0.29) is 18.1 Å². The zero-order valence-corrected chi connectivity index (χ0v) is 13.6. The van der Waals surface area contributed by atoms with Crippen LogP contribution in [0.25, 0.3) is 10.9 Å². The van der Waals surface area contributed by atoms with Gasteiger partial charge in [0.25, 0.3) is 5.91 Å². The third kappa shape index (κ3) is 2.83. The first-order chi connectivity index (χ1) is 10.4. The van der Waals surface area contributed by atoms with Gasteiger partial charge in [-0.2, -0.15) is 0 Å². The predicted molar refractivity (Wildman–Crippen MR) is 87.1 cm³/mol. The summed E-state index contributed by atoms with van der Waals surface area (Å²) in [7, 11) is 0. The van der Waals surface area contributed by atoms with Gasteiger partial charge in [-0.25, -0.2) is 0 Å². The third-order valence-electron chi connectivity index (χ3n) is 4.03. The van der Waals surface area contributed by atoms with Crippen molar-refractivity contribution in [2.75, 3.05) is 13.1 Å². The first kappa shape index (κ1) is 15.0. The molecule has 0 aliphatic carbocycles. The van der Waals surface area contributed by atoms with Crippen LogP contribution in [0.5, 0.6) is 0 Å². The van der Waals surface area contributed by atoms with Crippen LogP contribution >= 0.6 is 0 Å². The normalized spacial score (nSPS) is 22.1. The largest absolute Gasteiger partial charge is 0.372 e. The molecule has 0 bridgehead atoms. The highest BCUT2D eigenvalue weighted by Crippen LogP contribution is 2.23. The van der Waals surface area contributed by atoms with Crippen LogP contribution in [-0.2, 0) is 4.74 Å². The van der Waals surface area contributed by atoms with E-state index < -0.39 is 0 Å². The monoisotopic (exact) mass is 298 g/mol. The number of fused-ring (bicyclic) bond motifs is 1. The van der Waals surface area contributed by atoms with Gasteiger partial charge in [-0.1, -0.05) is 11.6 Å². The molecule has 1 aromatic carbocycles. The summed E-state index contributed by atoms with van der Waals surface area (Å²) in [6.07, 6.45) is 0.146. The number of aromatic nitrogens is 1. The van der Waals surface area contributed by atoms with E-state index in [1.54, 1.807) is 0 Å². The molecule has 3 rings (SSSR count). The molecule has 4 heteroatoms. The van der Waals surface area contributed by atoms with E-state index in [0.29, 0.717) is 13.1 Å². The van der Waals surface area contributed by atoms with Gasteiger partial charge >= 0.3 is 0 Å². The van der Waals surface area contributed by atoms with Gasteiger partial charge in [0.05, 0.1) is 23.3 Å². The smallest absolute Gasteiger partial charge is 0.254 e. The molecule has 22 heavy (non-hydrogen) atoms. The van der Waals surface area contributed by atoms with Crippen LogP contribution < -0.4 is 0 Å². The minimum absolute atomic E-state index is 0.0723. The fourth-order valence-electron chi connectivity index (χ4n) is 3.16. The molecule has 116 valence electrons. The first-order valence-corrected chi connectivity index (χ1v) is 7.77. The lowest BCUT2D eigenvalue weighted by Gasteiger charge is -2.35. The van der Waals surface area contributed by atoms with Crippen LogP contribution in [0.2, 0.25) is 0 Å². The van der Waals surface area contributed by atoms with Crippen molar-refractivity contribution in [3.8, 4) is 0 Å². The van der Waals surface area contributed by atoms with Crippen LogP contribution in [0.1, 0.15) is 35.5 Å². The number of rotatable bonds is 1. The van der Waals surface area contributed by atoms with Crippen LogP contribution in [0.3, 0.4) is 0 Å². The number of benzene rings is 1. The minimum Gasteiger partial charge on any atom is -0.372 e. The number of carbonyl (C=O) groups is 1. The van der Waals surface area contributed by atoms with E-state index in [9.17, 15) is 4.79 Å². The Balaban J connectivity index is 2.05. The zero-order valence-electron chi connectivity index (χ0n) is 13.6. The lowest BCUT2D eigenvalue weighted by atomic mass is 10.0. The molecule has 0 spiro atoms. The van der Waals surface area contributed by atoms with Crippen molar-refractivity contribution in [2.45, 2.75) is 39.9 Å². The summed E-state index contributed by atoms with van der Waals surface area (Å²) in [6, 6.07) is 7.96. The molecule has 0 unspecified atom stereocenters. The molecule has 2 aromatic rings. The van der Waals surface area contributed by atoms with E-state index in [1.165, 1.54) is 0 Å². The summed E-state index contributed by atoms with van der Waals surface area (Å²) in [5.74, 6) is 0.0723. The molecular formula is C18H22N2O2. The Hall–Kier alpha value is -1.94. The topological polar surface area (TPSA) is 42.4 Å². The average Bonchev–Trinajstić information content (AvgIpc) is 2.45. The molecule has 0 N–H and O–H groups in total. The summed E-state index contributed by atoms with van der Waals surface area (Å²) in [5.41, 5.74) is 3.63. The molecule has 2 atom stereocenters. The molecule has 0 saturated carbocycles. The van der Waals surface area contributed by atoms with Crippen LogP contribution in [0.15, 0.2) is 24.3 Å². The maximum Gasteiger partial charge on any atom is 0.254 e. The molecule has 1 aromatic heterocycles. The first-order valence-electron chi connectivity index (χ1n) is 7.77. The van der Waals surface area contributed by atoms with Gasteiger partial charge in [-0.05, 0) is 45.9 Å². The lowest BCUT2D eigenvalue weighted by Crippen LogP contribution is -2.48. The van der Waals surface area contributed by atoms with Crippen LogP contribution in [0, 0.1) is 13.8 Å². The molecule has 1 aliphatic rings. The van der Waals surface area contributed by atoms with Crippen molar-refractivity contribution < 1.29 is 9.53 Å². The van der Waals surface area contributed by atoms with Crippen molar-refractivity contribution in [3.05, 3.63) is 41.1 Å². The van der Waals surface area contributed by atoms with Gasteiger partial charge in [0.15, 0.2) is 0 Å². The number of hydrogen-bond donors (Lipinski definition) is 0. The zero-order chi connectivity index (χ0) is 15.9. The summed E-state index contributed by atoms with van der Waals surface area (Å²) < 4.78 is 5.73. The maximum atomic E-state index is 13.0. The summed E-state index contributed by atoms with van der Waals surface area (Å²) in [6.45, 7) is 9.26. The second-order valence-electron chi connectivity index (χ2n) is 6.30. The number of nitrogens with zero attached hydrogens (tertiary/aromatic N) is 2. The Morgan fingerprint density at radius 2 is 1.86 bits per heavy atom. The van der Waals surface area contributed by atoms with Crippen molar-refractivity contribution in [2.24, 2.45) is 0 Å². The quantitative estimate of drug-likeness (QED) is 0.812. The Morgan fingerprint density at radius 3 is 2.55 bits per heavy atom. The molecular weight excluding hydrogens is 276 g/mol. The van der Waals surface area contributed by atoms with Gasteiger partial charge < -0.3 is 9.64 Å². The molecule has 4 nitrogen and oxygen atoms in total. The highest BCUT2D eigenvalue weighted by molar-refractivity contribution is 6.06. The van der Waals surface area contributed by atoms with Crippen molar-refractivity contribution in [1.29, 1.82) is 0 Å². The second-order valence-corrected chi connectivity index (χ2v) is 6.30. The second kappa shape index (κ2) is 5.69. The molecule has 1 aliphatic heterocycles. The van der Waals surface area contributed by atoms with E-state index in [2.05, 4.69) is 4.98 Å². The molecule has 1 saturated heterocycles. The molecule has 1 fully saturated rings. The third-order valence-corrected chi connectivity index (χ3v) is 4.03. The Kier molecular flexibility index (Phi) is 3.87. The molecule has 0 radical (unpaired) electrons. The fourth-order valence-corrected chi connectivity index (χ4v) is 3.16. The maximum absolute atomic E-state index is 13.0. The SMILES string of the molecule is Cc1ccc2nc(C)cc(C(=O)N3C[C@@H](C)O[C@@H](C)C3)c2c1. The number of hydrogen-bond acceptors (Lipinski definition) is 3. The fraction of sp³-hybridized carbons (Fsp3) is 0.444. The Bertz CT molecular complexity index is 716. The summed E-state index contributed by atoms with van der Waals surface area (Å²) >= 11 is 0. The predicted octanol–water partition coefficient (Wildman–Crippen LogP) is 3.10. The van der Waals surface area contributed by atoms with Crippen molar-refractivity contribution in [1.82, 2.24) is 9.88 Å². The number of carbonyl (C=O) groups excluding carboxylic acids is 1. The van der Waals surface area contributed by atoms with E-state index in [1.807, 2.05) is 56.9 Å². The van der Waals surface area contributed by atoms with E-state index in [0.717, 1.165) is 27.7 Å². The summed E-state index contributed by atoms with van der Waals surface area (Å²) in [5, 5.41) is 0.933. The van der Waals surface area contributed by atoms with Crippen LogP contribution in [-0.4, -0.2) is 41.1 Å². The van der Waals surface area contributed by atoms with Gasteiger partial charge in [-0.15, -0.1) is 0 Å². The lowest BCUT2D eigenvalue weighted by molar-refractivity contribution is -0.0585. The number of aryl methyl sites for hydroxylation is 2. The van der Waals surface area contributed by atoms with Crippen molar-refractivity contribution in [3.63, 3.8) is 0 Å². The highest BCUT2D eigenvalue weighted by atomic mass is 16.5. The van der Waals surface area contributed by atoms with Gasteiger partial charge in [0.2, 0.25) is 0 Å². The number of amides is 1. The van der Waals surface area contributed by atoms with Gasteiger partial charge in [-0.3, -0.25) is 9.78 Å². The standard InChI is InChI=1S/C18H22N2O2/c1-11-5-6-17-15(7-11)16(8-12(2)19-17)18(21)20-9-13(3)22-14(4)10-20/h5-8,13-14H,9-10H2,1-4H3/t13-,14+. The Labute approximate surface area is 131 Å². The number of ether oxygens (including phenoxy) is 1.